The second-order valence-corrected chi connectivity index (χ2v) is 7.07. The molecule has 0 heterocycles. The summed E-state index contributed by atoms with van der Waals surface area (Å²) in [5.41, 5.74) is 7.18. The summed E-state index contributed by atoms with van der Waals surface area (Å²) in [4.78, 5) is 0. The number of halogens is 1. The van der Waals surface area contributed by atoms with E-state index in [0.717, 1.165) is 16.3 Å². The van der Waals surface area contributed by atoms with E-state index in [2.05, 4.69) is 36.4 Å². The van der Waals surface area contributed by atoms with Crippen molar-refractivity contribution in [3.63, 3.8) is 0 Å². The van der Waals surface area contributed by atoms with Crippen molar-refractivity contribution < 1.29 is 5.11 Å². The third kappa shape index (κ3) is 3.20. The zero-order chi connectivity index (χ0) is 15.9. The van der Waals surface area contributed by atoms with E-state index >= 15 is 0 Å². The lowest BCUT2D eigenvalue weighted by Crippen LogP contribution is -2.37. The topological polar surface area (TPSA) is 46.2 Å². The minimum Gasteiger partial charge on any atom is -0.391 e. The van der Waals surface area contributed by atoms with Gasteiger partial charge in [0.25, 0.3) is 0 Å². The van der Waals surface area contributed by atoms with Gasteiger partial charge in [-0.1, -0.05) is 69.3 Å². The summed E-state index contributed by atoms with van der Waals surface area (Å²) >= 11 is 0. The predicted molar refractivity (Wildman–Crippen MR) is 101 cm³/mol. The third-order valence-electron chi connectivity index (χ3n) is 4.39. The maximum atomic E-state index is 10.6. The van der Waals surface area contributed by atoms with Gasteiger partial charge in [0.15, 0.2) is 0 Å². The van der Waals surface area contributed by atoms with E-state index in [9.17, 15) is 5.11 Å². The number of aliphatic hydroxyl groups is 1. The molecule has 3 aromatic carbocycles. The number of fused-ring (bicyclic) bond motifs is 3. The molecule has 3 aromatic rings. The van der Waals surface area contributed by atoms with Crippen LogP contribution in [0.5, 0.6) is 0 Å². The largest absolute Gasteiger partial charge is 0.391 e. The Balaban J connectivity index is 0.00000192. The second-order valence-electron chi connectivity index (χ2n) is 7.07. The molecule has 3 N–H and O–H groups in total. The molecule has 0 radical (unpaired) electrons. The molecule has 0 aliphatic carbocycles. The van der Waals surface area contributed by atoms with Crippen molar-refractivity contribution in [2.45, 2.75) is 32.9 Å². The Kier molecular flexibility index (Phi) is 5.00. The van der Waals surface area contributed by atoms with Crippen LogP contribution in [-0.4, -0.2) is 11.2 Å². The van der Waals surface area contributed by atoms with Crippen LogP contribution in [0, 0.1) is 5.41 Å². The highest BCUT2D eigenvalue weighted by molar-refractivity contribution is 6.09. The third-order valence-corrected chi connectivity index (χ3v) is 4.39. The van der Waals surface area contributed by atoms with Gasteiger partial charge in [-0.25, -0.2) is 0 Å². The van der Waals surface area contributed by atoms with Crippen molar-refractivity contribution in [2.75, 3.05) is 0 Å². The SMILES string of the molecule is CC(C)(C)[C@H](O)[C@H](N)c1cc2ccccc2c2ccccc12.Cl. The van der Waals surface area contributed by atoms with Crippen LogP contribution in [0.3, 0.4) is 0 Å². The molecule has 0 aromatic heterocycles. The molecule has 0 saturated heterocycles. The minimum absolute atomic E-state index is 0. The Hall–Kier alpha value is -1.61. The lowest BCUT2D eigenvalue weighted by molar-refractivity contribution is 0.0405. The fourth-order valence-electron chi connectivity index (χ4n) is 3.07. The quantitative estimate of drug-likeness (QED) is 0.662. The predicted octanol–water partition coefficient (Wildman–Crippen LogP) is 4.82. The molecule has 3 rings (SSSR count). The fourth-order valence-corrected chi connectivity index (χ4v) is 3.07. The molecule has 2 nitrogen and oxygen atoms in total. The molecule has 0 bridgehead atoms. The van der Waals surface area contributed by atoms with Crippen LogP contribution >= 0.6 is 12.4 Å². The van der Waals surface area contributed by atoms with E-state index < -0.39 is 12.1 Å². The van der Waals surface area contributed by atoms with Gasteiger partial charge in [0.2, 0.25) is 0 Å². The highest BCUT2D eigenvalue weighted by atomic mass is 35.5. The summed E-state index contributed by atoms with van der Waals surface area (Å²) < 4.78 is 0. The Bertz CT molecular complexity index is 823. The van der Waals surface area contributed by atoms with Crippen molar-refractivity contribution >= 4 is 34.0 Å². The van der Waals surface area contributed by atoms with Crippen LogP contribution < -0.4 is 5.73 Å². The first-order chi connectivity index (χ1) is 10.4. The van der Waals surface area contributed by atoms with Crippen LogP contribution in [0.1, 0.15) is 32.4 Å². The van der Waals surface area contributed by atoms with Crippen LogP contribution in [0.15, 0.2) is 54.6 Å². The van der Waals surface area contributed by atoms with E-state index in [1.54, 1.807) is 0 Å². The monoisotopic (exact) mass is 329 g/mol. The van der Waals surface area contributed by atoms with Gasteiger partial charge in [0, 0.05) is 0 Å². The summed E-state index contributed by atoms with van der Waals surface area (Å²) in [5.74, 6) is 0. The van der Waals surface area contributed by atoms with Gasteiger partial charge in [-0.3, -0.25) is 0 Å². The normalized spacial score (nSPS) is 14.5. The van der Waals surface area contributed by atoms with Gasteiger partial charge in [0.1, 0.15) is 0 Å². The lowest BCUT2D eigenvalue weighted by atomic mass is 9.81. The molecule has 0 fully saturated rings. The molecule has 23 heavy (non-hydrogen) atoms. The van der Waals surface area contributed by atoms with Gasteiger partial charge in [-0.2, -0.15) is 0 Å². The van der Waals surface area contributed by atoms with Crippen molar-refractivity contribution in [3.8, 4) is 0 Å². The number of nitrogens with two attached hydrogens (primary N) is 1. The van der Waals surface area contributed by atoms with Crippen LogP contribution in [0.25, 0.3) is 21.5 Å². The summed E-state index contributed by atoms with van der Waals surface area (Å²) in [6.07, 6.45) is -0.600. The molecular formula is C20H24ClNO. The van der Waals surface area contributed by atoms with Crippen molar-refractivity contribution in [3.05, 3.63) is 60.2 Å². The van der Waals surface area contributed by atoms with Gasteiger partial charge in [0.05, 0.1) is 12.1 Å². The smallest absolute Gasteiger partial charge is 0.0781 e. The van der Waals surface area contributed by atoms with E-state index in [1.807, 2.05) is 39.0 Å². The molecule has 0 saturated carbocycles. The highest BCUT2D eigenvalue weighted by Crippen LogP contribution is 2.35. The van der Waals surface area contributed by atoms with E-state index in [4.69, 9.17) is 5.73 Å². The summed E-state index contributed by atoms with van der Waals surface area (Å²) in [5, 5.41) is 15.3. The van der Waals surface area contributed by atoms with Gasteiger partial charge in [-0.15, -0.1) is 12.4 Å². The Morgan fingerprint density at radius 1 is 0.870 bits per heavy atom. The summed E-state index contributed by atoms with van der Waals surface area (Å²) in [6, 6.07) is 18.3. The number of hydrogen-bond donors (Lipinski definition) is 2. The molecule has 122 valence electrons. The standard InChI is InChI=1S/C20H23NO.ClH/c1-20(2,3)19(22)18(21)17-12-13-8-4-5-9-14(13)15-10-6-7-11-16(15)17;/h4-12,18-19,22H,21H2,1-3H3;1H/t18-,19-;/m1./s1. The van der Waals surface area contributed by atoms with E-state index in [1.165, 1.54) is 10.8 Å². The lowest BCUT2D eigenvalue weighted by Gasteiger charge is -2.31. The Labute approximate surface area is 143 Å². The molecular weight excluding hydrogens is 306 g/mol. The number of benzene rings is 3. The van der Waals surface area contributed by atoms with Crippen LogP contribution in [0.2, 0.25) is 0 Å². The average Bonchev–Trinajstić information content (AvgIpc) is 2.52. The Morgan fingerprint density at radius 2 is 1.39 bits per heavy atom. The second kappa shape index (κ2) is 6.48. The molecule has 0 aliphatic rings. The molecule has 0 aliphatic heterocycles. The minimum atomic E-state index is -0.600. The Morgan fingerprint density at radius 3 is 2.00 bits per heavy atom. The molecule has 3 heteroatoms. The van der Waals surface area contributed by atoms with E-state index in [0.29, 0.717) is 0 Å². The van der Waals surface area contributed by atoms with Crippen molar-refractivity contribution in [2.24, 2.45) is 11.1 Å². The molecule has 2 atom stereocenters. The first-order valence-electron chi connectivity index (χ1n) is 7.73. The van der Waals surface area contributed by atoms with Crippen molar-refractivity contribution in [1.29, 1.82) is 0 Å². The van der Waals surface area contributed by atoms with Gasteiger partial charge < -0.3 is 10.8 Å². The average molecular weight is 330 g/mol. The van der Waals surface area contributed by atoms with Gasteiger partial charge >= 0.3 is 0 Å². The van der Waals surface area contributed by atoms with Crippen LogP contribution in [-0.2, 0) is 0 Å². The zero-order valence-electron chi connectivity index (χ0n) is 13.8. The maximum Gasteiger partial charge on any atom is 0.0781 e. The number of hydrogen-bond acceptors (Lipinski definition) is 2. The molecule has 0 amide bonds. The first kappa shape index (κ1) is 17.7. The molecule has 0 spiro atoms. The maximum absolute atomic E-state index is 10.6. The van der Waals surface area contributed by atoms with Gasteiger partial charge in [-0.05, 0) is 38.6 Å². The molecule has 0 unspecified atom stereocenters. The number of rotatable bonds is 2. The number of aliphatic hydroxyl groups excluding tert-OH is 1. The van der Waals surface area contributed by atoms with E-state index in [-0.39, 0.29) is 17.8 Å². The fraction of sp³-hybridized carbons (Fsp3) is 0.300. The van der Waals surface area contributed by atoms with Crippen molar-refractivity contribution in [1.82, 2.24) is 0 Å². The highest BCUT2D eigenvalue weighted by Gasteiger charge is 2.30. The first-order valence-corrected chi connectivity index (χ1v) is 7.73. The zero-order valence-corrected chi connectivity index (χ0v) is 14.6. The summed E-state index contributed by atoms with van der Waals surface area (Å²) in [6.45, 7) is 6.04. The van der Waals surface area contributed by atoms with Crippen LogP contribution in [0.4, 0.5) is 0 Å². The summed E-state index contributed by atoms with van der Waals surface area (Å²) in [7, 11) is 0.